The summed E-state index contributed by atoms with van der Waals surface area (Å²) in [5.41, 5.74) is 3.94. The number of halogens is 1. The van der Waals surface area contributed by atoms with Crippen molar-refractivity contribution >= 4 is 27.8 Å². The van der Waals surface area contributed by atoms with Gasteiger partial charge in [-0.1, -0.05) is 88.7 Å². The second-order valence-electron chi connectivity index (χ2n) is 5.19. The molecule has 2 heteroatoms. The molecule has 1 nitrogen and oxygen atoms in total. The van der Waals surface area contributed by atoms with Gasteiger partial charge in [0, 0.05) is 10.0 Å². The van der Waals surface area contributed by atoms with E-state index in [4.69, 9.17) is 0 Å². The first kappa shape index (κ1) is 15.4. The van der Waals surface area contributed by atoms with Crippen LogP contribution in [0.3, 0.4) is 0 Å². The summed E-state index contributed by atoms with van der Waals surface area (Å²) in [5.74, 6) is 0.0104. The molecule has 3 rings (SSSR count). The Morgan fingerprint density at radius 3 is 1.91 bits per heavy atom. The van der Waals surface area contributed by atoms with Gasteiger partial charge in [0.25, 0.3) is 0 Å². The lowest BCUT2D eigenvalue weighted by Gasteiger charge is -2.03. The van der Waals surface area contributed by atoms with Crippen LogP contribution < -0.4 is 0 Å². The minimum Gasteiger partial charge on any atom is -0.289 e. The van der Waals surface area contributed by atoms with Crippen molar-refractivity contribution in [2.75, 3.05) is 0 Å². The molecule has 0 heterocycles. The molecular weight excluding hydrogens is 348 g/mol. The molecular formula is C21H15BrO. The van der Waals surface area contributed by atoms with Crippen molar-refractivity contribution in [3.63, 3.8) is 0 Å². The van der Waals surface area contributed by atoms with Crippen LogP contribution in [0, 0.1) is 0 Å². The lowest BCUT2D eigenvalue weighted by atomic mass is 10.0. The molecule has 0 unspecified atom stereocenters. The van der Waals surface area contributed by atoms with Crippen molar-refractivity contribution in [2.45, 2.75) is 0 Å². The van der Waals surface area contributed by atoms with Gasteiger partial charge in [0.05, 0.1) is 0 Å². The van der Waals surface area contributed by atoms with E-state index in [9.17, 15) is 4.79 Å². The van der Waals surface area contributed by atoms with Gasteiger partial charge in [-0.2, -0.15) is 0 Å². The Kier molecular flexibility index (Phi) is 4.84. The number of carbonyl (C=O) groups excluding carboxylic acids is 1. The third-order valence-electron chi connectivity index (χ3n) is 3.57. The number of hydrogen-bond donors (Lipinski definition) is 0. The third-order valence-corrected chi connectivity index (χ3v) is 4.10. The predicted octanol–water partition coefficient (Wildman–Crippen LogP) is 6.01. The fourth-order valence-electron chi connectivity index (χ4n) is 2.30. The van der Waals surface area contributed by atoms with E-state index in [-0.39, 0.29) is 5.78 Å². The summed E-state index contributed by atoms with van der Waals surface area (Å²) < 4.78 is 1.05. The van der Waals surface area contributed by atoms with Crippen LogP contribution in [-0.4, -0.2) is 5.78 Å². The summed E-state index contributed by atoms with van der Waals surface area (Å²) in [4.78, 5) is 12.2. The molecule has 0 bridgehead atoms. The number of allylic oxidation sites excluding steroid dienone is 1. The first-order chi connectivity index (χ1) is 11.2. The van der Waals surface area contributed by atoms with E-state index in [1.807, 2.05) is 72.8 Å². The molecule has 0 aliphatic carbocycles. The van der Waals surface area contributed by atoms with E-state index in [0.717, 1.165) is 21.2 Å². The molecule has 0 radical (unpaired) electrons. The van der Waals surface area contributed by atoms with Crippen LogP contribution in [0.4, 0.5) is 0 Å². The van der Waals surface area contributed by atoms with E-state index in [0.29, 0.717) is 5.56 Å². The second kappa shape index (κ2) is 7.21. The molecule has 0 aromatic heterocycles. The maximum atomic E-state index is 12.2. The lowest BCUT2D eigenvalue weighted by molar-refractivity contribution is 0.104. The molecule has 0 atom stereocenters. The number of carbonyl (C=O) groups is 1. The zero-order valence-corrected chi connectivity index (χ0v) is 14.0. The lowest BCUT2D eigenvalue weighted by Crippen LogP contribution is -1.93. The smallest absolute Gasteiger partial charge is 0.185 e. The van der Waals surface area contributed by atoms with E-state index in [1.165, 1.54) is 0 Å². The Morgan fingerprint density at radius 1 is 0.739 bits per heavy atom. The van der Waals surface area contributed by atoms with Gasteiger partial charge in [0.1, 0.15) is 0 Å². The molecule has 0 amide bonds. The highest BCUT2D eigenvalue weighted by atomic mass is 79.9. The second-order valence-corrected chi connectivity index (χ2v) is 6.11. The topological polar surface area (TPSA) is 17.1 Å². The minimum absolute atomic E-state index is 0.0104. The van der Waals surface area contributed by atoms with Crippen molar-refractivity contribution in [3.8, 4) is 11.1 Å². The van der Waals surface area contributed by atoms with Gasteiger partial charge in [0.15, 0.2) is 5.78 Å². The van der Waals surface area contributed by atoms with Crippen molar-refractivity contribution in [2.24, 2.45) is 0 Å². The quantitative estimate of drug-likeness (QED) is 0.410. The van der Waals surface area contributed by atoms with Crippen LogP contribution in [0.1, 0.15) is 15.9 Å². The zero-order valence-electron chi connectivity index (χ0n) is 12.4. The van der Waals surface area contributed by atoms with Crippen LogP contribution in [0.15, 0.2) is 89.4 Å². The highest BCUT2D eigenvalue weighted by molar-refractivity contribution is 9.10. The van der Waals surface area contributed by atoms with Crippen molar-refractivity contribution in [1.29, 1.82) is 0 Å². The SMILES string of the molecule is O=C(/C=C/c1ccccc1)c1ccc(-c2ccc(Br)cc2)cc1. The van der Waals surface area contributed by atoms with Gasteiger partial charge >= 0.3 is 0 Å². The number of ketones is 1. The molecule has 0 N–H and O–H groups in total. The maximum absolute atomic E-state index is 12.2. The molecule has 0 aliphatic heterocycles. The Hall–Kier alpha value is -2.45. The Labute approximate surface area is 144 Å². The first-order valence-electron chi connectivity index (χ1n) is 7.36. The monoisotopic (exact) mass is 362 g/mol. The Balaban J connectivity index is 1.75. The zero-order chi connectivity index (χ0) is 16.1. The number of rotatable bonds is 4. The van der Waals surface area contributed by atoms with E-state index >= 15 is 0 Å². The number of hydrogen-bond acceptors (Lipinski definition) is 1. The summed E-state index contributed by atoms with van der Waals surface area (Å²) in [7, 11) is 0. The summed E-state index contributed by atoms with van der Waals surface area (Å²) in [6, 6.07) is 25.6. The summed E-state index contributed by atoms with van der Waals surface area (Å²) in [6.07, 6.45) is 3.45. The summed E-state index contributed by atoms with van der Waals surface area (Å²) in [5, 5.41) is 0. The molecule has 0 spiro atoms. The van der Waals surface area contributed by atoms with E-state index in [1.54, 1.807) is 6.08 Å². The van der Waals surface area contributed by atoms with Gasteiger partial charge in [-0.15, -0.1) is 0 Å². The normalized spacial score (nSPS) is 10.8. The highest BCUT2D eigenvalue weighted by Gasteiger charge is 2.03. The predicted molar refractivity (Wildman–Crippen MR) is 99.4 cm³/mol. The summed E-state index contributed by atoms with van der Waals surface area (Å²) in [6.45, 7) is 0. The third kappa shape index (κ3) is 4.05. The van der Waals surface area contributed by atoms with Crippen molar-refractivity contribution < 1.29 is 4.79 Å². The van der Waals surface area contributed by atoms with Crippen LogP contribution >= 0.6 is 15.9 Å². The Bertz CT molecular complexity index is 816. The van der Waals surface area contributed by atoms with Gasteiger partial charge < -0.3 is 0 Å². The molecule has 0 saturated carbocycles. The minimum atomic E-state index is 0.0104. The maximum Gasteiger partial charge on any atom is 0.185 e. The van der Waals surface area contributed by atoms with Crippen LogP contribution in [-0.2, 0) is 0 Å². The van der Waals surface area contributed by atoms with Gasteiger partial charge in [-0.3, -0.25) is 4.79 Å². The summed E-state index contributed by atoms with van der Waals surface area (Å²) >= 11 is 3.43. The fourth-order valence-corrected chi connectivity index (χ4v) is 2.57. The van der Waals surface area contributed by atoms with E-state index in [2.05, 4.69) is 28.1 Å². The molecule has 23 heavy (non-hydrogen) atoms. The average Bonchev–Trinajstić information content (AvgIpc) is 2.61. The Morgan fingerprint density at radius 2 is 1.30 bits per heavy atom. The molecule has 112 valence electrons. The van der Waals surface area contributed by atoms with Crippen molar-refractivity contribution in [3.05, 3.63) is 101 Å². The molecule has 0 saturated heterocycles. The van der Waals surface area contributed by atoms with Gasteiger partial charge in [-0.05, 0) is 34.9 Å². The van der Waals surface area contributed by atoms with Crippen LogP contribution in [0.25, 0.3) is 17.2 Å². The van der Waals surface area contributed by atoms with Gasteiger partial charge in [-0.25, -0.2) is 0 Å². The largest absolute Gasteiger partial charge is 0.289 e. The molecule has 0 aliphatic rings. The molecule has 3 aromatic rings. The fraction of sp³-hybridized carbons (Fsp3) is 0. The first-order valence-corrected chi connectivity index (χ1v) is 8.15. The van der Waals surface area contributed by atoms with Crippen LogP contribution in [0.5, 0.6) is 0 Å². The average molecular weight is 363 g/mol. The van der Waals surface area contributed by atoms with Crippen molar-refractivity contribution in [1.82, 2.24) is 0 Å². The van der Waals surface area contributed by atoms with E-state index < -0.39 is 0 Å². The highest BCUT2D eigenvalue weighted by Crippen LogP contribution is 2.22. The number of benzene rings is 3. The standard InChI is InChI=1S/C21H15BrO/c22-20-13-11-18(12-14-20)17-7-9-19(10-8-17)21(23)15-6-16-4-2-1-3-5-16/h1-15H/b15-6+. The van der Waals surface area contributed by atoms with Crippen LogP contribution in [0.2, 0.25) is 0 Å². The molecule has 3 aromatic carbocycles. The van der Waals surface area contributed by atoms with Gasteiger partial charge in [0.2, 0.25) is 0 Å². The molecule has 0 fully saturated rings.